The molecule has 0 fully saturated rings. The van der Waals surface area contributed by atoms with Gasteiger partial charge in [0.05, 0.1) is 16.7 Å². The Morgan fingerprint density at radius 3 is 1.73 bits per heavy atom. The van der Waals surface area contributed by atoms with E-state index >= 15 is 0 Å². The molecule has 0 saturated heterocycles. The summed E-state index contributed by atoms with van der Waals surface area (Å²) in [6, 6.07) is 50.5. The first-order valence-corrected chi connectivity index (χ1v) is 14.0. The second-order valence-electron chi connectivity index (χ2n) is 11.5. The van der Waals surface area contributed by atoms with Gasteiger partial charge >= 0.3 is 0 Å². The minimum atomic E-state index is 0.102. The van der Waals surface area contributed by atoms with Gasteiger partial charge in [0.1, 0.15) is 0 Å². The van der Waals surface area contributed by atoms with Crippen molar-refractivity contribution >= 4 is 49.6 Å². The maximum atomic E-state index is 2.46. The summed E-state index contributed by atoms with van der Waals surface area (Å²) in [6.45, 7) is 6.80. The number of fused-ring (bicyclic) bond motifs is 5. The molecule has 0 aliphatic carbocycles. The Labute approximate surface area is 235 Å². The molecule has 0 aliphatic rings. The van der Waals surface area contributed by atoms with Gasteiger partial charge in [-0.05, 0) is 64.9 Å². The topological polar surface area (TPSA) is 8.17 Å². The lowest BCUT2D eigenvalue weighted by Crippen LogP contribution is -2.11. The number of anilines is 3. The summed E-state index contributed by atoms with van der Waals surface area (Å²) in [5.74, 6) is 0. The van der Waals surface area contributed by atoms with Crippen LogP contribution in [0.5, 0.6) is 0 Å². The molecule has 0 aliphatic heterocycles. The van der Waals surface area contributed by atoms with Gasteiger partial charge in [-0.15, -0.1) is 0 Å². The summed E-state index contributed by atoms with van der Waals surface area (Å²) in [4.78, 5) is 2.40. The highest BCUT2D eigenvalue weighted by atomic mass is 15.1. The second kappa shape index (κ2) is 9.43. The third kappa shape index (κ3) is 3.96. The van der Waals surface area contributed by atoms with E-state index in [-0.39, 0.29) is 5.41 Å². The minimum Gasteiger partial charge on any atom is -0.310 e. The lowest BCUT2D eigenvalue weighted by molar-refractivity contribution is 0.590. The third-order valence-electron chi connectivity index (χ3n) is 7.90. The van der Waals surface area contributed by atoms with Crippen LogP contribution in [0, 0.1) is 0 Å². The monoisotopic (exact) mass is 516 g/mol. The Bertz CT molecular complexity index is 1920. The third-order valence-corrected chi connectivity index (χ3v) is 7.90. The number of hydrogen-bond acceptors (Lipinski definition) is 1. The fraction of sp³-hybridized carbons (Fsp3) is 0.105. The van der Waals surface area contributed by atoms with E-state index in [1.807, 2.05) is 0 Å². The highest BCUT2D eigenvalue weighted by Gasteiger charge is 2.23. The average molecular weight is 517 g/mol. The molecular weight excluding hydrogens is 484 g/mol. The summed E-state index contributed by atoms with van der Waals surface area (Å²) < 4.78 is 2.46. The molecule has 7 rings (SSSR count). The van der Waals surface area contributed by atoms with Crippen LogP contribution in [0.1, 0.15) is 26.3 Å². The number of hydrogen-bond donors (Lipinski definition) is 0. The van der Waals surface area contributed by atoms with E-state index in [9.17, 15) is 0 Å². The van der Waals surface area contributed by atoms with Crippen molar-refractivity contribution in [2.75, 3.05) is 4.90 Å². The van der Waals surface area contributed by atoms with Gasteiger partial charge < -0.3 is 9.47 Å². The van der Waals surface area contributed by atoms with Crippen LogP contribution in [0.2, 0.25) is 0 Å². The van der Waals surface area contributed by atoms with Crippen molar-refractivity contribution in [3.8, 4) is 5.69 Å². The van der Waals surface area contributed by atoms with Gasteiger partial charge in [0.15, 0.2) is 0 Å². The first-order chi connectivity index (χ1) is 19.5. The van der Waals surface area contributed by atoms with Crippen LogP contribution in [0.3, 0.4) is 0 Å². The van der Waals surface area contributed by atoms with Gasteiger partial charge in [0.2, 0.25) is 0 Å². The molecule has 1 heterocycles. The first-order valence-electron chi connectivity index (χ1n) is 14.0. The Hall–Kier alpha value is -4.82. The lowest BCUT2D eigenvalue weighted by atomic mass is 9.87. The lowest BCUT2D eigenvalue weighted by Gasteiger charge is -2.27. The fourth-order valence-electron chi connectivity index (χ4n) is 5.95. The highest BCUT2D eigenvalue weighted by Crippen LogP contribution is 2.46. The minimum absolute atomic E-state index is 0.102. The molecule has 2 heteroatoms. The van der Waals surface area contributed by atoms with E-state index < -0.39 is 0 Å². The van der Waals surface area contributed by atoms with E-state index in [0.29, 0.717) is 0 Å². The molecule has 0 bridgehead atoms. The van der Waals surface area contributed by atoms with Crippen LogP contribution >= 0.6 is 0 Å². The van der Waals surface area contributed by atoms with Crippen molar-refractivity contribution in [1.82, 2.24) is 4.57 Å². The van der Waals surface area contributed by atoms with Crippen LogP contribution < -0.4 is 4.90 Å². The molecule has 0 radical (unpaired) electrons. The van der Waals surface area contributed by atoms with Crippen molar-refractivity contribution in [2.24, 2.45) is 0 Å². The number of para-hydroxylation sites is 3. The number of rotatable bonds is 4. The molecule has 0 unspecified atom stereocenters. The van der Waals surface area contributed by atoms with E-state index in [2.05, 4.69) is 170 Å². The van der Waals surface area contributed by atoms with Crippen LogP contribution in [-0.2, 0) is 5.41 Å². The van der Waals surface area contributed by atoms with E-state index in [1.165, 1.54) is 49.5 Å². The van der Waals surface area contributed by atoms with Gasteiger partial charge in [-0.2, -0.15) is 0 Å². The van der Waals surface area contributed by atoms with Crippen molar-refractivity contribution in [3.63, 3.8) is 0 Å². The van der Waals surface area contributed by atoms with Crippen LogP contribution in [0.15, 0.2) is 140 Å². The second-order valence-corrected chi connectivity index (χ2v) is 11.5. The van der Waals surface area contributed by atoms with E-state index in [4.69, 9.17) is 0 Å². The molecular formula is C38H32N2. The Morgan fingerprint density at radius 2 is 1.10 bits per heavy atom. The Balaban J connectivity index is 1.63. The molecule has 194 valence electrons. The molecule has 0 N–H and O–H groups in total. The van der Waals surface area contributed by atoms with Crippen LogP contribution in [0.25, 0.3) is 38.3 Å². The summed E-state index contributed by atoms with van der Waals surface area (Å²) in [5.41, 5.74) is 8.50. The molecule has 1 aromatic heterocycles. The molecule has 40 heavy (non-hydrogen) atoms. The molecule has 6 aromatic carbocycles. The summed E-state index contributed by atoms with van der Waals surface area (Å²) in [5, 5.41) is 4.97. The van der Waals surface area contributed by atoms with E-state index in [1.54, 1.807) is 0 Å². The molecule has 0 spiro atoms. The van der Waals surface area contributed by atoms with E-state index in [0.717, 1.165) is 11.4 Å². The van der Waals surface area contributed by atoms with Gasteiger partial charge in [-0.25, -0.2) is 0 Å². The zero-order valence-corrected chi connectivity index (χ0v) is 23.2. The molecule has 0 atom stereocenters. The van der Waals surface area contributed by atoms with Gasteiger partial charge in [-0.1, -0.05) is 112 Å². The maximum absolute atomic E-state index is 2.46. The van der Waals surface area contributed by atoms with Crippen molar-refractivity contribution < 1.29 is 0 Å². The number of nitrogens with zero attached hydrogens (tertiary/aromatic N) is 2. The molecule has 0 amide bonds. The first kappa shape index (κ1) is 24.2. The van der Waals surface area contributed by atoms with Gasteiger partial charge in [0, 0.05) is 33.2 Å². The summed E-state index contributed by atoms with van der Waals surface area (Å²) in [6.07, 6.45) is 0. The Kier molecular flexibility index (Phi) is 5.71. The normalized spacial score (nSPS) is 11.9. The maximum Gasteiger partial charge on any atom is 0.0640 e. The quantitative estimate of drug-likeness (QED) is 0.226. The molecule has 0 saturated carbocycles. The van der Waals surface area contributed by atoms with Gasteiger partial charge in [-0.3, -0.25) is 0 Å². The van der Waals surface area contributed by atoms with Crippen molar-refractivity contribution in [2.45, 2.75) is 26.2 Å². The standard InChI is InChI=1S/C38H32N2/c1-38(2,3)28-22-24-31(25-23-28)40-34-21-13-12-20-33(34)36-35(26-27-14-10-11-19-32(27)37(36)40)39(29-15-6-4-7-16-29)30-17-8-5-9-18-30/h4-26H,1-3H3. The van der Waals surface area contributed by atoms with Crippen LogP contribution in [0.4, 0.5) is 17.1 Å². The predicted octanol–water partition coefficient (Wildman–Crippen LogP) is 10.7. The highest BCUT2D eigenvalue weighted by molar-refractivity contribution is 6.24. The van der Waals surface area contributed by atoms with Crippen molar-refractivity contribution in [3.05, 3.63) is 145 Å². The number of aromatic nitrogens is 1. The SMILES string of the molecule is CC(C)(C)c1ccc(-n2c3ccccc3c3c(N(c4ccccc4)c4ccccc4)cc4ccccc4c32)cc1. The zero-order valence-electron chi connectivity index (χ0n) is 23.2. The predicted molar refractivity (Wildman–Crippen MR) is 172 cm³/mol. The molecule has 7 aromatic rings. The fourth-order valence-corrected chi connectivity index (χ4v) is 5.95. The van der Waals surface area contributed by atoms with Crippen molar-refractivity contribution in [1.29, 1.82) is 0 Å². The van der Waals surface area contributed by atoms with Crippen LogP contribution in [-0.4, -0.2) is 4.57 Å². The van der Waals surface area contributed by atoms with Gasteiger partial charge in [0.25, 0.3) is 0 Å². The largest absolute Gasteiger partial charge is 0.310 e. The molecule has 2 nitrogen and oxygen atoms in total. The smallest absolute Gasteiger partial charge is 0.0640 e. The zero-order chi connectivity index (χ0) is 27.3. The summed E-state index contributed by atoms with van der Waals surface area (Å²) >= 11 is 0. The average Bonchev–Trinajstić information content (AvgIpc) is 3.34. The Morgan fingerprint density at radius 1 is 0.550 bits per heavy atom. The number of benzene rings is 6. The summed E-state index contributed by atoms with van der Waals surface area (Å²) in [7, 11) is 0.